The summed E-state index contributed by atoms with van der Waals surface area (Å²) >= 11 is 6.72. The molecule has 3 aromatic heterocycles. The Kier molecular flexibility index (Phi) is 7.14. The number of benzene rings is 1. The third kappa shape index (κ3) is 4.67. The van der Waals surface area contributed by atoms with Crippen molar-refractivity contribution in [1.82, 2.24) is 35.4 Å². The molecule has 2 unspecified atom stereocenters. The smallest absolute Gasteiger partial charge is 0.319 e. The fourth-order valence-corrected chi connectivity index (χ4v) is 8.24. The van der Waals surface area contributed by atoms with E-state index >= 15 is 8.78 Å². The number of H-pyrrole nitrogens is 1. The molecule has 0 amide bonds. The van der Waals surface area contributed by atoms with E-state index in [-0.39, 0.29) is 35.1 Å². The van der Waals surface area contributed by atoms with E-state index in [0.29, 0.717) is 64.0 Å². The average Bonchev–Trinajstić information content (AvgIpc) is 3.74. The van der Waals surface area contributed by atoms with Crippen LogP contribution in [0.1, 0.15) is 56.7 Å². The molecule has 3 saturated heterocycles. The van der Waals surface area contributed by atoms with Crippen LogP contribution in [0, 0.1) is 5.82 Å². The number of aromatic amines is 1. The first kappa shape index (κ1) is 29.0. The van der Waals surface area contributed by atoms with E-state index in [4.69, 9.17) is 26.3 Å². The van der Waals surface area contributed by atoms with E-state index in [2.05, 4.69) is 25.4 Å². The molecule has 45 heavy (non-hydrogen) atoms. The number of hydrogen-bond acceptors (Lipinski definition) is 8. The molecule has 4 aliphatic rings. The van der Waals surface area contributed by atoms with Crippen LogP contribution in [0.3, 0.4) is 0 Å². The van der Waals surface area contributed by atoms with E-state index in [9.17, 15) is 4.39 Å². The molecule has 8 rings (SSSR count). The number of hydrogen-bond donors (Lipinski definition) is 2. The van der Waals surface area contributed by atoms with Gasteiger partial charge >= 0.3 is 6.01 Å². The number of ether oxygens (including phenoxy) is 1. The number of anilines is 1. The summed E-state index contributed by atoms with van der Waals surface area (Å²) in [5.41, 5.74) is 2.28. The largest absolute Gasteiger partial charge is 0.461 e. The van der Waals surface area contributed by atoms with Crippen LogP contribution >= 0.6 is 11.6 Å². The summed E-state index contributed by atoms with van der Waals surface area (Å²) in [4.78, 5) is 18.4. The molecular formula is C32H34ClF3N8O. The number of aryl methyl sites for hydroxylation is 1. The zero-order valence-corrected chi connectivity index (χ0v) is 25.7. The third-order valence-electron chi connectivity index (χ3n) is 10.0. The number of halogens is 4. The van der Waals surface area contributed by atoms with Gasteiger partial charge in [-0.2, -0.15) is 15.1 Å². The van der Waals surface area contributed by atoms with Crippen LogP contribution in [0.25, 0.3) is 39.1 Å². The average molecular weight is 639 g/mol. The second kappa shape index (κ2) is 11.1. The Labute approximate surface area is 263 Å². The number of allylic oxidation sites excluding steroid dienone is 1. The lowest BCUT2D eigenvalue weighted by Crippen LogP contribution is -2.60. The standard InChI is InChI=1S/C32H34ClF3N8O/c1-2-6-17-19(33)13-21-18(14-37-42-21)24(17)27-26(35)28-25-20(38-27)7-3-8-22-29(36)39-23(34)15-44(22)30(25)41-31(40-28)45-16-32-9-4-11-43(32)12-5-10-32/h2,6,13-14,22-23,29,39H,3-5,7-12,15-16H2,1H3,(H,37,42)/b6-2-/t22-,23?,29?/m1/s1. The minimum atomic E-state index is -1.63. The second-order valence-corrected chi connectivity index (χ2v) is 13.0. The van der Waals surface area contributed by atoms with Gasteiger partial charge in [-0.05, 0) is 71.0 Å². The molecule has 4 aliphatic heterocycles. The van der Waals surface area contributed by atoms with Gasteiger partial charge in [0.1, 0.15) is 23.6 Å². The molecule has 7 heterocycles. The summed E-state index contributed by atoms with van der Waals surface area (Å²) < 4.78 is 53.6. The predicted octanol–water partition coefficient (Wildman–Crippen LogP) is 6.11. The van der Waals surface area contributed by atoms with Crippen molar-refractivity contribution >= 4 is 45.3 Å². The number of fused-ring (bicyclic) bond motifs is 4. The summed E-state index contributed by atoms with van der Waals surface area (Å²) in [6.45, 7) is 4.12. The molecule has 3 atom stereocenters. The number of nitrogens with zero attached hydrogens (tertiary/aromatic N) is 6. The molecular weight excluding hydrogens is 605 g/mol. The normalized spacial score (nSPS) is 24.7. The highest BCUT2D eigenvalue weighted by atomic mass is 35.5. The van der Waals surface area contributed by atoms with E-state index in [1.807, 2.05) is 19.1 Å². The molecule has 9 nitrogen and oxygen atoms in total. The number of piperazine rings is 1. The van der Waals surface area contributed by atoms with Crippen LogP contribution in [0.4, 0.5) is 19.0 Å². The minimum Gasteiger partial charge on any atom is -0.461 e. The van der Waals surface area contributed by atoms with E-state index < -0.39 is 24.5 Å². The lowest BCUT2D eigenvalue weighted by atomic mass is 9.95. The lowest BCUT2D eigenvalue weighted by molar-refractivity contribution is 0.102. The zero-order chi connectivity index (χ0) is 30.9. The summed E-state index contributed by atoms with van der Waals surface area (Å²) in [7, 11) is 0. The molecule has 2 N–H and O–H groups in total. The molecule has 0 bridgehead atoms. The van der Waals surface area contributed by atoms with Crippen LogP contribution in [-0.2, 0) is 6.42 Å². The van der Waals surface area contributed by atoms with Crippen molar-refractivity contribution in [3.05, 3.63) is 40.4 Å². The summed E-state index contributed by atoms with van der Waals surface area (Å²) in [6.07, 6.45) is 7.67. The SMILES string of the molecule is C/C=C\c1c(Cl)cc2[nH]ncc2c1-c1nc2c3c(nc(OCC45CCCN4CCC5)nc3c1F)N1CC(F)NC(F)[C@H]1CCC2. The molecule has 0 spiro atoms. The highest BCUT2D eigenvalue weighted by Gasteiger charge is 2.45. The van der Waals surface area contributed by atoms with Gasteiger partial charge in [-0.1, -0.05) is 23.8 Å². The van der Waals surface area contributed by atoms with Crippen molar-refractivity contribution < 1.29 is 17.9 Å². The van der Waals surface area contributed by atoms with Gasteiger partial charge < -0.3 is 9.64 Å². The molecule has 4 aromatic rings. The topological polar surface area (TPSA) is 95.1 Å². The van der Waals surface area contributed by atoms with Crippen molar-refractivity contribution in [2.24, 2.45) is 0 Å². The van der Waals surface area contributed by atoms with E-state index in [1.165, 1.54) is 0 Å². The van der Waals surface area contributed by atoms with Gasteiger partial charge in [-0.25, -0.2) is 18.2 Å². The molecule has 0 radical (unpaired) electrons. The number of nitrogens with one attached hydrogen (secondary N) is 2. The Morgan fingerprint density at radius 1 is 1.16 bits per heavy atom. The van der Waals surface area contributed by atoms with Crippen molar-refractivity contribution in [3.8, 4) is 17.3 Å². The Morgan fingerprint density at radius 2 is 1.98 bits per heavy atom. The molecule has 236 valence electrons. The van der Waals surface area contributed by atoms with Crippen molar-refractivity contribution in [2.45, 2.75) is 76.0 Å². The fourth-order valence-electron chi connectivity index (χ4n) is 7.97. The van der Waals surface area contributed by atoms with Gasteiger partial charge in [-0.3, -0.25) is 15.3 Å². The monoisotopic (exact) mass is 638 g/mol. The highest BCUT2D eigenvalue weighted by molar-refractivity contribution is 6.33. The van der Waals surface area contributed by atoms with Gasteiger partial charge in [-0.15, -0.1) is 0 Å². The fraction of sp³-hybridized carbons (Fsp3) is 0.500. The quantitative estimate of drug-likeness (QED) is 0.253. The van der Waals surface area contributed by atoms with E-state index in [0.717, 1.165) is 38.8 Å². The summed E-state index contributed by atoms with van der Waals surface area (Å²) in [6, 6.07) is 1.06. The van der Waals surface area contributed by atoms with Gasteiger partial charge in [0.05, 0.1) is 45.9 Å². The lowest BCUT2D eigenvalue weighted by Gasteiger charge is -2.42. The molecule has 13 heteroatoms. The molecule has 0 aliphatic carbocycles. The van der Waals surface area contributed by atoms with Crippen LogP contribution in [0.5, 0.6) is 6.01 Å². The van der Waals surface area contributed by atoms with Crippen molar-refractivity contribution in [2.75, 3.05) is 31.1 Å². The van der Waals surface area contributed by atoms with Crippen LogP contribution in [-0.4, -0.2) is 80.5 Å². The Balaban J connectivity index is 1.36. The zero-order valence-electron chi connectivity index (χ0n) is 24.9. The number of aromatic nitrogens is 5. The van der Waals surface area contributed by atoms with Gasteiger partial charge in [0.15, 0.2) is 18.4 Å². The predicted molar refractivity (Wildman–Crippen MR) is 167 cm³/mol. The first-order valence-corrected chi connectivity index (χ1v) is 16.1. The van der Waals surface area contributed by atoms with Crippen LogP contribution in [0.2, 0.25) is 5.02 Å². The highest BCUT2D eigenvalue weighted by Crippen LogP contribution is 2.44. The Morgan fingerprint density at radius 3 is 2.78 bits per heavy atom. The second-order valence-electron chi connectivity index (χ2n) is 12.6. The number of alkyl halides is 2. The van der Waals surface area contributed by atoms with Gasteiger partial charge in [0.25, 0.3) is 0 Å². The van der Waals surface area contributed by atoms with Crippen molar-refractivity contribution in [3.63, 3.8) is 0 Å². The first-order valence-electron chi connectivity index (χ1n) is 15.7. The first-order chi connectivity index (χ1) is 21.9. The van der Waals surface area contributed by atoms with Crippen LogP contribution in [0.15, 0.2) is 18.3 Å². The van der Waals surface area contributed by atoms with Crippen molar-refractivity contribution in [1.29, 1.82) is 0 Å². The van der Waals surface area contributed by atoms with Crippen LogP contribution < -0.4 is 15.0 Å². The summed E-state index contributed by atoms with van der Waals surface area (Å²) in [5.74, 6) is -0.431. The maximum absolute atomic E-state index is 17.1. The number of pyridine rings is 1. The summed E-state index contributed by atoms with van der Waals surface area (Å²) in [5, 5.41) is 10.9. The van der Waals surface area contributed by atoms with Gasteiger partial charge in [0.2, 0.25) is 0 Å². The molecule has 3 fully saturated rings. The van der Waals surface area contributed by atoms with Gasteiger partial charge in [0, 0.05) is 16.5 Å². The minimum absolute atomic E-state index is 0.00949. The Hall–Kier alpha value is -3.48. The van der Waals surface area contributed by atoms with E-state index in [1.54, 1.807) is 17.2 Å². The molecule has 0 saturated carbocycles. The third-order valence-corrected chi connectivity index (χ3v) is 10.3. The maximum atomic E-state index is 17.1. The maximum Gasteiger partial charge on any atom is 0.319 e. The Bertz CT molecular complexity index is 1820. The molecule has 1 aromatic carbocycles. The number of rotatable bonds is 5.